The van der Waals surface area contributed by atoms with Gasteiger partial charge < -0.3 is 19.7 Å². The third-order valence-electron chi connectivity index (χ3n) is 4.73. The molecule has 0 radical (unpaired) electrons. The molecule has 1 aromatic rings. The maximum atomic E-state index is 12.3. The molecule has 0 saturated carbocycles. The van der Waals surface area contributed by atoms with E-state index in [1.807, 2.05) is 36.1 Å². The molecule has 0 atom stereocenters. The zero-order valence-electron chi connectivity index (χ0n) is 16.5. The minimum Gasteiger partial charge on any atom is -0.494 e. The molecule has 6 heteroatoms. The highest BCUT2D eigenvalue weighted by Crippen LogP contribution is 2.14. The zero-order valence-corrected chi connectivity index (χ0v) is 16.5. The number of piperidine rings is 1. The molecule has 0 bridgehead atoms. The highest BCUT2D eigenvalue weighted by molar-refractivity contribution is 5.76. The van der Waals surface area contributed by atoms with Gasteiger partial charge in [0.2, 0.25) is 5.91 Å². The Kier molecular flexibility index (Phi) is 8.95. The molecule has 0 spiro atoms. The molecule has 0 aliphatic carbocycles. The number of aryl methyl sites for hydroxylation is 1. The van der Waals surface area contributed by atoms with Crippen molar-refractivity contribution in [1.29, 1.82) is 0 Å². The number of unbranched alkanes of at least 4 members (excludes halogenated alkanes) is 1. The molecule has 1 heterocycles. The smallest absolute Gasteiger partial charge is 0.407 e. The fourth-order valence-corrected chi connectivity index (χ4v) is 3.00. The van der Waals surface area contributed by atoms with Crippen LogP contribution in [-0.4, -0.2) is 49.2 Å². The first-order valence-corrected chi connectivity index (χ1v) is 9.99. The van der Waals surface area contributed by atoms with Crippen LogP contribution in [0.3, 0.4) is 0 Å². The van der Waals surface area contributed by atoms with Crippen LogP contribution in [0.2, 0.25) is 0 Å². The van der Waals surface area contributed by atoms with Crippen LogP contribution in [0.4, 0.5) is 4.79 Å². The minimum atomic E-state index is -0.346. The van der Waals surface area contributed by atoms with Crippen molar-refractivity contribution >= 4 is 12.0 Å². The zero-order chi connectivity index (χ0) is 19.5. The first-order chi connectivity index (χ1) is 13.1. The van der Waals surface area contributed by atoms with Gasteiger partial charge in [-0.25, -0.2) is 4.79 Å². The van der Waals surface area contributed by atoms with Crippen molar-refractivity contribution in [2.24, 2.45) is 0 Å². The van der Waals surface area contributed by atoms with E-state index in [2.05, 4.69) is 12.2 Å². The van der Waals surface area contributed by atoms with E-state index < -0.39 is 0 Å². The number of rotatable bonds is 9. The third kappa shape index (κ3) is 7.89. The van der Waals surface area contributed by atoms with Gasteiger partial charge in [-0.3, -0.25) is 4.79 Å². The second kappa shape index (κ2) is 11.5. The van der Waals surface area contributed by atoms with Gasteiger partial charge in [-0.2, -0.15) is 0 Å². The molecule has 0 unspecified atom stereocenters. The maximum absolute atomic E-state index is 12.3. The van der Waals surface area contributed by atoms with Gasteiger partial charge in [0.15, 0.2) is 0 Å². The van der Waals surface area contributed by atoms with E-state index >= 15 is 0 Å². The van der Waals surface area contributed by atoms with Gasteiger partial charge in [0, 0.05) is 25.6 Å². The number of benzene rings is 1. The molecule has 6 nitrogen and oxygen atoms in total. The number of ether oxygens (including phenoxy) is 2. The first kappa shape index (κ1) is 21.1. The van der Waals surface area contributed by atoms with E-state index in [-0.39, 0.29) is 18.0 Å². The van der Waals surface area contributed by atoms with Crippen LogP contribution in [0, 0.1) is 6.92 Å². The van der Waals surface area contributed by atoms with Gasteiger partial charge in [-0.15, -0.1) is 0 Å². The van der Waals surface area contributed by atoms with E-state index in [0.717, 1.165) is 31.4 Å². The Morgan fingerprint density at radius 1 is 1.11 bits per heavy atom. The van der Waals surface area contributed by atoms with Crippen LogP contribution in [0.15, 0.2) is 24.3 Å². The molecule has 150 valence electrons. The second-order valence-corrected chi connectivity index (χ2v) is 7.05. The number of carbonyl (C=O) groups is 2. The molecule has 1 aliphatic rings. The predicted molar refractivity (Wildman–Crippen MR) is 105 cm³/mol. The molecule has 1 saturated heterocycles. The largest absolute Gasteiger partial charge is 0.494 e. The summed E-state index contributed by atoms with van der Waals surface area (Å²) in [6, 6.07) is 8.01. The summed E-state index contributed by atoms with van der Waals surface area (Å²) in [5.41, 5.74) is 1.20. The Morgan fingerprint density at radius 3 is 2.48 bits per heavy atom. The van der Waals surface area contributed by atoms with Crippen molar-refractivity contribution < 1.29 is 19.1 Å². The van der Waals surface area contributed by atoms with Crippen LogP contribution in [0.5, 0.6) is 5.75 Å². The third-order valence-corrected chi connectivity index (χ3v) is 4.73. The Morgan fingerprint density at radius 2 is 1.81 bits per heavy atom. The predicted octanol–water partition coefficient (Wildman–Crippen LogP) is 3.67. The lowest BCUT2D eigenvalue weighted by atomic mass is 10.0. The van der Waals surface area contributed by atoms with Gasteiger partial charge in [0.25, 0.3) is 0 Å². The van der Waals surface area contributed by atoms with E-state index in [1.54, 1.807) is 0 Å². The number of likely N-dealkylation sites (tertiary alicyclic amines) is 1. The molecular weight excluding hydrogens is 344 g/mol. The molecule has 1 fully saturated rings. The molecule has 27 heavy (non-hydrogen) atoms. The van der Waals surface area contributed by atoms with Crippen molar-refractivity contribution in [3.05, 3.63) is 29.8 Å². The van der Waals surface area contributed by atoms with Crippen LogP contribution in [-0.2, 0) is 9.53 Å². The quantitative estimate of drug-likeness (QED) is 0.668. The van der Waals surface area contributed by atoms with E-state index in [0.29, 0.717) is 39.1 Å². The summed E-state index contributed by atoms with van der Waals surface area (Å²) in [6.45, 7) is 6.45. The highest BCUT2D eigenvalue weighted by atomic mass is 16.5. The summed E-state index contributed by atoms with van der Waals surface area (Å²) >= 11 is 0. The van der Waals surface area contributed by atoms with Gasteiger partial charge in [-0.1, -0.05) is 31.0 Å². The number of alkyl carbamates (subject to hydrolysis) is 1. The molecule has 2 amide bonds. The Balaban J connectivity index is 1.57. The molecule has 1 aromatic carbocycles. The van der Waals surface area contributed by atoms with Crippen LogP contribution >= 0.6 is 0 Å². The molecule has 1 N–H and O–H groups in total. The second-order valence-electron chi connectivity index (χ2n) is 7.05. The summed E-state index contributed by atoms with van der Waals surface area (Å²) < 4.78 is 10.8. The number of hydrogen-bond acceptors (Lipinski definition) is 4. The van der Waals surface area contributed by atoms with Crippen LogP contribution in [0.1, 0.15) is 51.0 Å². The lowest BCUT2D eigenvalue weighted by Crippen LogP contribution is -2.46. The number of nitrogens with zero attached hydrogens (tertiary/aromatic N) is 1. The summed E-state index contributed by atoms with van der Waals surface area (Å²) in [5.74, 6) is 0.997. The number of carbonyl (C=O) groups excluding carboxylic acids is 2. The molecule has 0 aromatic heterocycles. The van der Waals surface area contributed by atoms with E-state index in [4.69, 9.17) is 9.47 Å². The van der Waals surface area contributed by atoms with Gasteiger partial charge in [0.1, 0.15) is 5.75 Å². The average Bonchev–Trinajstić information content (AvgIpc) is 2.67. The molecule has 1 aliphatic heterocycles. The summed E-state index contributed by atoms with van der Waals surface area (Å²) in [5, 5.41) is 2.89. The Bertz CT molecular complexity index is 580. The van der Waals surface area contributed by atoms with Crippen molar-refractivity contribution in [3.63, 3.8) is 0 Å². The van der Waals surface area contributed by atoms with Crippen molar-refractivity contribution in [2.45, 2.75) is 58.4 Å². The SMILES string of the molecule is CCCCOC(=O)NC1CCN(C(=O)CCCOc2ccc(C)cc2)CC1. The Hall–Kier alpha value is -2.24. The van der Waals surface area contributed by atoms with E-state index in [1.165, 1.54) is 5.56 Å². The van der Waals surface area contributed by atoms with Crippen molar-refractivity contribution in [1.82, 2.24) is 10.2 Å². The minimum absolute atomic E-state index is 0.0908. The number of hydrogen-bond donors (Lipinski definition) is 1. The standard InChI is InChI=1S/C21H32N2O4/c1-3-4-15-27-21(25)22-18-11-13-23(14-12-18)20(24)6-5-16-26-19-9-7-17(2)8-10-19/h7-10,18H,3-6,11-16H2,1-2H3,(H,22,25). The lowest BCUT2D eigenvalue weighted by molar-refractivity contribution is -0.132. The summed E-state index contributed by atoms with van der Waals surface area (Å²) in [6.07, 6.45) is 4.28. The fraction of sp³-hybridized carbons (Fsp3) is 0.619. The topological polar surface area (TPSA) is 67.9 Å². The van der Waals surface area contributed by atoms with Gasteiger partial charge in [-0.05, 0) is 44.7 Å². The molecule has 2 rings (SSSR count). The van der Waals surface area contributed by atoms with E-state index in [9.17, 15) is 9.59 Å². The average molecular weight is 376 g/mol. The highest BCUT2D eigenvalue weighted by Gasteiger charge is 2.23. The van der Waals surface area contributed by atoms with Crippen LogP contribution in [0.25, 0.3) is 0 Å². The van der Waals surface area contributed by atoms with Crippen molar-refractivity contribution in [3.8, 4) is 5.75 Å². The normalized spacial score (nSPS) is 14.7. The monoisotopic (exact) mass is 376 g/mol. The maximum Gasteiger partial charge on any atom is 0.407 e. The Labute approximate surface area is 162 Å². The summed E-state index contributed by atoms with van der Waals surface area (Å²) in [4.78, 5) is 25.9. The first-order valence-electron chi connectivity index (χ1n) is 9.99. The number of nitrogens with one attached hydrogen (secondary N) is 1. The molecular formula is C21H32N2O4. The van der Waals surface area contributed by atoms with Gasteiger partial charge >= 0.3 is 6.09 Å². The number of amides is 2. The van der Waals surface area contributed by atoms with Crippen molar-refractivity contribution in [2.75, 3.05) is 26.3 Å². The summed E-state index contributed by atoms with van der Waals surface area (Å²) in [7, 11) is 0. The van der Waals surface area contributed by atoms with Crippen LogP contribution < -0.4 is 10.1 Å². The van der Waals surface area contributed by atoms with Gasteiger partial charge in [0.05, 0.1) is 13.2 Å². The lowest BCUT2D eigenvalue weighted by Gasteiger charge is -2.32. The fourth-order valence-electron chi connectivity index (χ4n) is 3.00.